The molecule has 1 aliphatic rings. The summed E-state index contributed by atoms with van der Waals surface area (Å²) in [4.78, 5) is 23.5. The van der Waals surface area contributed by atoms with Crippen LogP contribution < -0.4 is 15.4 Å². The van der Waals surface area contributed by atoms with Crippen molar-refractivity contribution in [3.63, 3.8) is 0 Å². The summed E-state index contributed by atoms with van der Waals surface area (Å²) in [5.41, 5.74) is 4.01. The molecule has 1 saturated heterocycles. The fourth-order valence-corrected chi connectivity index (χ4v) is 4.59. The van der Waals surface area contributed by atoms with E-state index < -0.39 is 6.10 Å². The molecule has 1 amide bonds. The number of carbonyl (C=O) groups is 1. The highest BCUT2D eigenvalue weighted by atomic mass is 16.5. The molecule has 0 bridgehead atoms. The summed E-state index contributed by atoms with van der Waals surface area (Å²) < 4.78 is 16.1. The van der Waals surface area contributed by atoms with E-state index in [1.807, 2.05) is 45.0 Å². The van der Waals surface area contributed by atoms with E-state index in [4.69, 9.17) is 24.0 Å². The molecule has 4 rings (SSSR count). The van der Waals surface area contributed by atoms with Gasteiger partial charge in [-0.1, -0.05) is 17.3 Å². The first-order valence-electron chi connectivity index (χ1n) is 12.8. The lowest BCUT2D eigenvalue weighted by atomic mass is 10.0. The van der Waals surface area contributed by atoms with Crippen molar-refractivity contribution in [1.29, 1.82) is 0 Å². The Bertz CT molecular complexity index is 1240. The van der Waals surface area contributed by atoms with Gasteiger partial charge < -0.3 is 34.6 Å². The van der Waals surface area contributed by atoms with Crippen LogP contribution >= 0.6 is 0 Å². The van der Waals surface area contributed by atoms with E-state index >= 15 is 0 Å². The largest absolute Gasteiger partial charge is 0.491 e. The van der Waals surface area contributed by atoms with Crippen LogP contribution in [0.1, 0.15) is 29.9 Å². The van der Waals surface area contributed by atoms with Gasteiger partial charge in [0.1, 0.15) is 30.0 Å². The minimum Gasteiger partial charge on any atom is -0.491 e. The molecule has 0 radical (unpaired) electrons. The SMILES string of the molecule is CNC[C@H](O)COc1cccc(-c2nc(NC3CCN(C(=O)OC)CC3)c(C)c(-c3c(C)noc3C)n2)c1. The van der Waals surface area contributed by atoms with Gasteiger partial charge in [-0.3, -0.25) is 0 Å². The highest BCUT2D eigenvalue weighted by Gasteiger charge is 2.26. The topological polar surface area (TPSA) is 135 Å². The molecule has 11 heteroatoms. The second-order valence-electron chi connectivity index (χ2n) is 9.49. The normalized spacial score (nSPS) is 14.8. The number of nitrogens with one attached hydrogen (secondary N) is 2. The van der Waals surface area contributed by atoms with Gasteiger partial charge >= 0.3 is 6.09 Å². The molecule has 0 spiro atoms. The predicted molar refractivity (Wildman–Crippen MR) is 143 cm³/mol. The molecule has 0 aliphatic carbocycles. The second kappa shape index (κ2) is 12.2. The first-order valence-corrected chi connectivity index (χ1v) is 12.8. The second-order valence-corrected chi connectivity index (χ2v) is 9.49. The van der Waals surface area contributed by atoms with E-state index in [-0.39, 0.29) is 18.7 Å². The summed E-state index contributed by atoms with van der Waals surface area (Å²) >= 11 is 0. The Morgan fingerprint density at radius 3 is 2.66 bits per heavy atom. The van der Waals surface area contributed by atoms with E-state index in [0.29, 0.717) is 37.0 Å². The van der Waals surface area contributed by atoms with Crippen LogP contribution in [0.5, 0.6) is 5.75 Å². The van der Waals surface area contributed by atoms with Crippen molar-refractivity contribution in [3.05, 3.63) is 41.3 Å². The number of aliphatic hydroxyl groups excluding tert-OH is 1. The molecule has 3 N–H and O–H groups in total. The standard InChI is InChI=1S/C27H36N6O5/c1-16-24(23-17(2)32-38-18(23)3)30-26(19-7-6-8-22(13-19)37-15-21(34)14-28-4)31-25(16)29-20-9-11-33(12-10-20)27(35)36-5/h6-8,13,20-21,28,34H,9-12,14-15H2,1-5H3,(H,29,30,31)/t21-/m0/s1. The Hall–Kier alpha value is -3.70. The third-order valence-electron chi connectivity index (χ3n) is 6.66. The van der Waals surface area contributed by atoms with E-state index in [1.54, 1.807) is 11.9 Å². The molecule has 2 aromatic heterocycles. The van der Waals surface area contributed by atoms with Gasteiger partial charge in [-0.15, -0.1) is 0 Å². The molecule has 1 fully saturated rings. The van der Waals surface area contributed by atoms with Gasteiger partial charge in [-0.2, -0.15) is 0 Å². The minimum atomic E-state index is -0.619. The van der Waals surface area contributed by atoms with Crippen molar-refractivity contribution >= 4 is 11.9 Å². The Balaban J connectivity index is 1.66. The zero-order valence-corrected chi connectivity index (χ0v) is 22.6. The minimum absolute atomic E-state index is 0.137. The van der Waals surface area contributed by atoms with Gasteiger partial charge in [0.15, 0.2) is 5.82 Å². The van der Waals surface area contributed by atoms with Crippen LogP contribution in [0.2, 0.25) is 0 Å². The number of benzene rings is 1. The van der Waals surface area contributed by atoms with Crippen molar-refractivity contribution in [2.45, 2.75) is 45.8 Å². The maximum atomic E-state index is 11.9. The Morgan fingerprint density at radius 1 is 1.24 bits per heavy atom. The van der Waals surface area contributed by atoms with E-state index in [2.05, 4.69) is 15.8 Å². The maximum absolute atomic E-state index is 11.9. The fourth-order valence-electron chi connectivity index (χ4n) is 4.59. The fraction of sp³-hybridized carbons (Fsp3) is 0.481. The molecule has 3 aromatic rings. The number of aryl methyl sites for hydroxylation is 2. The molecule has 1 atom stereocenters. The number of hydrogen-bond donors (Lipinski definition) is 3. The monoisotopic (exact) mass is 524 g/mol. The number of amides is 1. The molecule has 3 heterocycles. The number of aromatic nitrogens is 3. The van der Waals surface area contributed by atoms with Crippen LogP contribution in [-0.2, 0) is 4.74 Å². The van der Waals surface area contributed by atoms with E-state index in [9.17, 15) is 9.90 Å². The number of ether oxygens (including phenoxy) is 2. The maximum Gasteiger partial charge on any atom is 0.409 e. The molecule has 1 aromatic carbocycles. The highest BCUT2D eigenvalue weighted by Crippen LogP contribution is 2.34. The van der Waals surface area contributed by atoms with E-state index in [0.717, 1.165) is 46.7 Å². The van der Waals surface area contributed by atoms with E-state index in [1.165, 1.54) is 7.11 Å². The van der Waals surface area contributed by atoms with Crippen LogP contribution in [0.15, 0.2) is 28.8 Å². The zero-order valence-electron chi connectivity index (χ0n) is 22.6. The first-order chi connectivity index (χ1) is 18.3. The summed E-state index contributed by atoms with van der Waals surface area (Å²) in [6, 6.07) is 7.65. The summed E-state index contributed by atoms with van der Waals surface area (Å²) in [5, 5.41) is 20.7. The van der Waals surface area contributed by atoms with Crippen LogP contribution in [0, 0.1) is 20.8 Å². The smallest absolute Gasteiger partial charge is 0.409 e. The van der Waals surface area contributed by atoms with Crippen LogP contribution in [0.25, 0.3) is 22.6 Å². The first kappa shape index (κ1) is 27.3. The molecule has 0 unspecified atom stereocenters. The van der Waals surface area contributed by atoms with Gasteiger partial charge in [0, 0.05) is 36.8 Å². The van der Waals surface area contributed by atoms with Crippen molar-refractivity contribution < 1.29 is 23.9 Å². The molecule has 204 valence electrons. The Labute approximate surface area is 222 Å². The van der Waals surface area contributed by atoms with Gasteiger partial charge in [0.2, 0.25) is 0 Å². The van der Waals surface area contributed by atoms with Crippen LogP contribution in [-0.4, -0.2) is 83.8 Å². The number of carbonyl (C=O) groups excluding carboxylic acids is 1. The van der Waals surface area contributed by atoms with Gasteiger partial charge in [0.05, 0.1) is 24.1 Å². The third-order valence-corrected chi connectivity index (χ3v) is 6.66. The zero-order chi connectivity index (χ0) is 27.2. The number of likely N-dealkylation sites (N-methyl/N-ethyl adjacent to an activating group) is 1. The summed E-state index contributed by atoms with van der Waals surface area (Å²) in [6.07, 6.45) is 0.622. The lowest BCUT2D eigenvalue weighted by Crippen LogP contribution is -2.42. The molecular formula is C27H36N6O5. The highest BCUT2D eigenvalue weighted by molar-refractivity contribution is 5.74. The Kier molecular flexibility index (Phi) is 8.80. The number of rotatable bonds is 9. The number of anilines is 1. The average molecular weight is 525 g/mol. The number of nitrogens with zero attached hydrogens (tertiary/aromatic N) is 4. The third kappa shape index (κ3) is 6.22. The van der Waals surface area contributed by atoms with Crippen LogP contribution in [0.4, 0.5) is 10.6 Å². The quantitative estimate of drug-likeness (QED) is 0.382. The van der Waals surface area contributed by atoms with Gasteiger partial charge in [0.25, 0.3) is 0 Å². The molecule has 1 aliphatic heterocycles. The summed E-state index contributed by atoms with van der Waals surface area (Å²) in [7, 11) is 3.18. The molecule has 11 nitrogen and oxygen atoms in total. The lowest BCUT2D eigenvalue weighted by Gasteiger charge is -2.32. The number of likely N-dealkylation sites (tertiary alicyclic amines) is 1. The van der Waals surface area contributed by atoms with Crippen molar-refractivity contribution in [3.8, 4) is 28.4 Å². The molecule has 0 saturated carbocycles. The van der Waals surface area contributed by atoms with Crippen LogP contribution in [0.3, 0.4) is 0 Å². The summed E-state index contributed by atoms with van der Waals surface area (Å²) in [5.74, 6) is 2.55. The Morgan fingerprint density at radius 2 is 2.00 bits per heavy atom. The van der Waals surface area contributed by atoms with Gasteiger partial charge in [-0.25, -0.2) is 14.8 Å². The number of methoxy groups -OCH3 is 1. The average Bonchev–Trinajstić information content (AvgIpc) is 3.26. The van der Waals surface area contributed by atoms with Crippen molar-refractivity contribution in [2.24, 2.45) is 0 Å². The van der Waals surface area contributed by atoms with Crippen molar-refractivity contribution in [2.75, 3.05) is 45.7 Å². The molecule has 38 heavy (non-hydrogen) atoms. The van der Waals surface area contributed by atoms with Gasteiger partial charge in [-0.05, 0) is 52.8 Å². The summed E-state index contributed by atoms with van der Waals surface area (Å²) in [6.45, 7) is 7.58. The number of hydrogen-bond acceptors (Lipinski definition) is 10. The predicted octanol–water partition coefficient (Wildman–Crippen LogP) is 3.33. The van der Waals surface area contributed by atoms with Crippen molar-refractivity contribution in [1.82, 2.24) is 25.3 Å². The number of piperidine rings is 1. The molecular weight excluding hydrogens is 488 g/mol. The number of aliphatic hydroxyl groups is 1. The lowest BCUT2D eigenvalue weighted by molar-refractivity contribution is 0.108.